The highest BCUT2D eigenvalue weighted by molar-refractivity contribution is 5.68. The van der Waals surface area contributed by atoms with E-state index in [1.165, 1.54) is 19.3 Å². The zero-order valence-electron chi connectivity index (χ0n) is 13.7. The molecule has 1 amide bonds. The molecule has 2 aliphatic rings. The summed E-state index contributed by atoms with van der Waals surface area (Å²) in [6.07, 6.45) is 6.65. The van der Waals surface area contributed by atoms with Crippen LogP contribution in [-0.4, -0.2) is 47.8 Å². The molecule has 1 aliphatic carbocycles. The average Bonchev–Trinajstić information content (AvgIpc) is 2.40. The third kappa shape index (κ3) is 5.15. The highest BCUT2D eigenvalue weighted by Crippen LogP contribution is 2.20. The molecule has 1 saturated carbocycles. The Labute approximate surface area is 128 Å². The van der Waals surface area contributed by atoms with Crippen LogP contribution in [0, 0.1) is 0 Å². The quantitative estimate of drug-likeness (QED) is 0.820. The van der Waals surface area contributed by atoms with Crippen LogP contribution in [0.3, 0.4) is 0 Å². The van der Waals surface area contributed by atoms with Crippen LogP contribution in [0.15, 0.2) is 0 Å². The summed E-state index contributed by atoms with van der Waals surface area (Å²) in [4.78, 5) is 13.8. The van der Waals surface area contributed by atoms with Gasteiger partial charge in [0.2, 0.25) is 0 Å². The maximum absolute atomic E-state index is 12.0. The lowest BCUT2D eigenvalue weighted by molar-refractivity contribution is 0.0193. The number of nitrogens with one attached hydrogen (secondary N) is 1. The SMILES string of the molecule is CC(C)(C)OC(=O)N1CCC(N[C@H]2CCCC[C@H]2N)CC1. The molecule has 0 spiro atoms. The summed E-state index contributed by atoms with van der Waals surface area (Å²) in [7, 11) is 0. The van der Waals surface area contributed by atoms with Crippen LogP contribution in [0.2, 0.25) is 0 Å². The van der Waals surface area contributed by atoms with E-state index in [0.29, 0.717) is 18.1 Å². The average molecular weight is 297 g/mol. The first-order valence-electron chi connectivity index (χ1n) is 8.35. The van der Waals surface area contributed by atoms with Crippen LogP contribution in [0.4, 0.5) is 4.79 Å². The fourth-order valence-electron chi connectivity index (χ4n) is 3.22. The molecule has 1 heterocycles. The number of carbonyl (C=O) groups is 1. The normalized spacial score (nSPS) is 28.5. The van der Waals surface area contributed by atoms with Gasteiger partial charge >= 0.3 is 6.09 Å². The first-order chi connectivity index (χ1) is 9.85. The van der Waals surface area contributed by atoms with Gasteiger partial charge < -0.3 is 20.7 Å². The minimum Gasteiger partial charge on any atom is -0.444 e. The van der Waals surface area contributed by atoms with E-state index in [9.17, 15) is 4.79 Å². The van der Waals surface area contributed by atoms with Crippen LogP contribution >= 0.6 is 0 Å². The summed E-state index contributed by atoms with van der Waals surface area (Å²) in [6.45, 7) is 7.26. The van der Waals surface area contributed by atoms with E-state index in [1.54, 1.807) is 0 Å². The van der Waals surface area contributed by atoms with E-state index in [2.05, 4.69) is 5.32 Å². The van der Waals surface area contributed by atoms with E-state index in [0.717, 1.165) is 32.4 Å². The molecular weight excluding hydrogens is 266 g/mol. The van der Waals surface area contributed by atoms with Gasteiger partial charge in [0.1, 0.15) is 5.60 Å². The standard InChI is InChI=1S/C16H31N3O2/c1-16(2,3)21-15(20)19-10-8-12(9-11-19)18-14-7-5-4-6-13(14)17/h12-14,18H,4-11,17H2,1-3H3/t13-,14+/m1/s1. The van der Waals surface area contributed by atoms with Gasteiger partial charge in [0.25, 0.3) is 0 Å². The first kappa shape index (κ1) is 16.6. The largest absolute Gasteiger partial charge is 0.444 e. The summed E-state index contributed by atoms with van der Waals surface area (Å²) < 4.78 is 5.43. The van der Waals surface area contributed by atoms with Crippen molar-refractivity contribution in [3.05, 3.63) is 0 Å². The molecule has 2 rings (SSSR count). The number of hydrogen-bond acceptors (Lipinski definition) is 4. The Morgan fingerprint density at radius 3 is 2.33 bits per heavy atom. The van der Waals surface area contributed by atoms with Crippen LogP contribution < -0.4 is 11.1 Å². The van der Waals surface area contributed by atoms with Gasteiger partial charge in [0, 0.05) is 31.2 Å². The van der Waals surface area contributed by atoms with Crippen molar-refractivity contribution in [2.75, 3.05) is 13.1 Å². The second-order valence-corrected chi connectivity index (χ2v) is 7.46. The van der Waals surface area contributed by atoms with Gasteiger partial charge in [-0.1, -0.05) is 12.8 Å². The zero-order valence-corrected chi connectivity index (χ0v) is 13.7. The number of piperidine rings is 1. The third-order valence-electron chi connectivity index (χ3n) is 4.42. The van der Waals surface area contributed by atoms with Gasteiger partial charge in [-0.3, -0.25) is 0 Å². The van der Waals surface area contributed by atoms with E-state index >= 15 is 0 Å². The van der Waals surface area contributed by atoms with Gasteiger partial charge in [0.05, 0.1) is 0 Å². The van der Waals surface area contributed by atoms with Crippen molar-refractivity contribution in [1.29, 1.82) is 0 Å². The molecule has 2 fully saturated rings. The molecule has 21 heavy (non-hydrogen) atoms. The van der Waals surface area contributed by atoms with Gasteiger partial charge in [-0.05, 0) is 46.5 Å². The van der Waals surface area contributed by atoms with Gasteiger partial charge in [0.15, 0.2) is 0 Å². The highest BCUT2D eigenvalue weighted by Gasteiger charge is 2.29. The van der Waals surface area contributed by atoms with Crippen molar-refractivity contribution in [1.82, 2.24) is 10.2 Å². The maximum atomic E-state index is 12.0. The van der Waals surface area contributed by atoms with Crippen molar-refractivity contribution < 1.29 is 9.53 Å². The predicted octanol–water partition coefficient (Wildman–Crippen LogP) is 2.25. The Bertz CT molecular complexity index is 346. The number of carbonyl (C=O) groups excluding carboxylic acids is 1. The van der Waals surface area contributed by atoms with Crippen molar-refractivity contribution in [2.24, 2.45) is 5.73 Å². The number of amides is 1. The number of hydrogen-bond donors (Lipinski definition) is 2. The number of nitrogens with two attached hydrogens (primary N) is 1. The number of nitrogens with zero attached hydrogens (tertiary/aromatic N) is 1. The molecule has 3 N–H and O–H groups in total. The third-order valence-corrected chi connectivity index (χ3v) is 4.42. The number of ether oxygens (including phenoxy) is 1. The molecule has 1 saturated heterocycles. The lowest BCUT2D eigenvalue weighted by Crippen LogP contribution is -2.54. The highest BCUT2D eigenvalue weighted by atomic mass is 16.6. The summed E-state index contributed by atoms with van der Waals surface area (Å²) >= 11 is 0. The molecular formula is C16H31N3O2. The van der Waals surface area contributed by atoms with E-state index in [-0.39, 0.29) is 6.09 Å². The van der Waals surface area contributed by atoms with Crippen molar-refractivity contribution in [3.8, 4) is 0 Å². The fourth-order valence-corrected chi connectivity index (χ4v) is 3.22. The summed E-state index contributed by atoms with van der Waals surface area (Å²) in [5.74, 6) is 0. The molecule has 0 bridgehead atoms. The molecule has 0 aromatic carbocycles. The Morgan fingerprint density at radius 1 is 1.14 bits per heavy atom. The first-order valence-corrected chi connectivity index (χ1v) is 8.35. The molecule has 0 radical (unpaired) electrons. The van der Waals surface area contributed by atoms with E-state index in [1.807, 2.05) is 25.7 Å². The molecule has 0 aromatic rings. The molecule has 5 nitrogen and oxygen atoms in total. The van der Waals surface area contributed by atoms with Gasteiger partial charge in [-0.25, -0.2) is 4.79 Å². The molecule has 5 heteroatoms. The molecule has 122 valence electrons. The predicted molar refractivity (Wildman–Crippen MR) is 84.2 cm³/mol. The number of likely N-dealkylation sites (tertiary alicyclic amines) is 1. The molecule has 0 unspecified atom stereocenters. The fraction of sp³-hybridized carbons (Fsp3) is 0.938. The number of rotatable bonds is 2. The minimum atomic E-state index is -0.416. The van der Waals surface area contributed by atoms with Crippen LogP contribution in [0.5, 0.6) is 0 Å². The zero-order chi connectivity index (χ0) is 15.5. The second kappa shape index (κ2) is 6.97. The Morgan fingerprint density at radius 2 is 1.76 bits per heavy atom. The van der Waals surface area contributed by atoms with E-state index < -0.39 is 5.60 Å². The molecule has 1 aliphatic heterocycles. The summed E-state index contributed by atoms with van der Waals surface area (Å²) in [5.41, 5.74) is 5.78. The summed E-state index contributed by atoms with van der Waals surface area (Å²) in [5, 5.41) is 3.71. The van der Waals surface area contributed by atoms with Crippen LogP contribution in [0.25, 0.3) is 0 Å². The van der Waals surface area contributed by atoms with Crippen LogP contribution in [-0.2, 0) is 4.74 Å². The molecule has 0 aromatic heterocycles. The Balaban J connectivity index is 1.74. The van der Waals surface area contributed by atoms with Gasteiger partial charge in [-0.2, -0.15) is 0 Å². The second-order valence-electron chi connectivity index (χ2n) is 7.46. The molecule has 2 atom stereocenters. The smallest absolute Gasteiger partial charge is 0.410 e. The van der Waals surface area contributed by atoms with E-state index in [4.69, 9.17) is 10.5 Å². The Kier molecular flexibility index (Phi) is 5.49. The van der Waals surface area contributed by atoms with Gasteiger partial charge in [-0.15, -0.1) is 0 Å². The van der Waals surface area contributed by atoms with Crippen molar-refractivity contribution in [2.45, 2.75) is 83.0 Å². The lowest BCUT2D eigenvalue weighted by Gasteiger charge is -2.38. The topological polar surface area (TPSA) is 67.6 Å². The monoisotopic (exact) mass is 297 g/mol. The van der Waals surface area contributed by atoms with Crippen LogP contribution in [0.1, 0.15) is 59.3 Å². The lowest BCUT2D eigenvalue weighted by atomic mass is 9.89. The van der Waals surface area contributed by atoms with Crippen molar-refractivity contribution in [3.63, 3.8) is 0 Å². The Hall–Kier alpha value is -0.810. The van der Waals surface area contributed by atoms with Crippen molar-refractivity contribution >= 4 is 6.09 Å². The maximum Gasteiger partial charge on any atom is 0.410 e. The summed E-state index contributed by atoms with van der Waals surface area (Å²) in [6, 6.07) is 1.23. The minimum absolute atomic E-state index is 0.185.